The van der Waals surface area contributed by atoms with Crippen molar-refractivity contribution in [2.75, 3.05) is 49.8 Å². The molecule has 2 aliphatic heterocycles. The number of fused-ring (bicyclic) bond motifs is 1. The summed E-state index contributed by atoms with van der Waals surface area (Å²) in [4.78, 5) is 44.3. The summed E-state index contributed by atoms with van der Waals surface area (Å²) in [7, 11) is 1.66. The van der Waals surface area contributed by atoms with Gasteiger partial charge in [0.15, 0.2) is 0 Å². The minimum absolute atomic E-state index is 0.0294. The van der Waals surface area contributed by atoms with E-state index in [0.717, 1.165) is 36.2 Å². The van der Waals surface area contributed by atoms with Crippen LogP contribution in [0.2, 0.25) is 0 Å². The molecule has 3 amide bonds. The van der Waals surface area contributed by atoms with Crippen molar-refractivity contribution in [2.45, 2.75) is 78.3 Å². The van der Waals surface area contributed by atoms with Crippen LogP contribution in [0, 0.1) is 23.2 Å². The van der Waals surface area contributed by atoms with Crippen LogP contribution < -0.4 is 20.4 Å². The zero-order valence-electron chi connectivity index (χ0n) is 24.9. The predicted molar refractivity (Wildman–Crippen MR) is 156 cm³/mol. The van der Waals surface area contributed by atoms with Crippen molar-refractivity contribution in [1.82, 2.24) is 10.6 Å². The second kappa shape index (κ2) is 13.0. The van der Waals surface area contributed by atoms with E-state index in [1.807, 2.05) is 35.8 Å². The van der Waals surface area contributed by atoms with E-state index >= 15 is 0 Å². The second-order valence-corrected chi connectivity index (χ2v) is 12.9. The number of rotatable bonds is 12. The highest BCUT2D eigenvalue weighted by Crippen LogP contribution is 2.42. The molecule has 3 aliphatic rings. The summed E-state index contributed by atoms with van der Waals surface area (Å²) in [5, 5.41) is 16.0. The van der Waals surface area contributed by atoms with Crippen LogP contribution in [0.25, 0.3) is 0 Å². The molecule has 0 spiro atoms. The van der Waals surface area contributed by atoms with Gasteiger partial charge in [-0.15, -0.1) is 0 Å². The topological polar surface area (TPSA) is 111 Å². The Morgan fingerprint density at radius 1 is 1.23 bits per heavy atom. The summed E-state index contributed by atoms with van der Waals surface area (Å²) >= 11 is 0. The maximum atomic E-state index is 14.0. The van der Waals surface area contributed by atoms with Crippen molar-refractivity contribution in [2.24, 2.45) is 23.2 Å². The van der Waals surface area contributed by atoms with Gasteiger partial charge in [-0.05, 0) is 62.1 Å². The van der Waals surface area contributed by atoms with Gasteiger partial charge in [0.1, 0.15) is 0 Å². The number of anilines is 2. The molecule has 2 heterocycles. The molecule has 9 nitrogen and oxygen atoms in total. The van der Waals surface area contributed by atoms with Crippen LogP contribution in [0.3, 0.4) is 0 Å². The quantitative estimate of drug-likeness (QED) is 0.342. The van der Waals surface area contributed by atoms with Gasteiger partial charge < -0.3 is 30.3 Å². The monoisotopic (exact) mass is 556 g/mol. The van der Waals surface area contributed by atoms with Gasteiger partial charge in [0.2, 0.25) is 17.7 Å². The van der Waals surface area contributed by atoms with Gasteiger partial charge in [0, 0.05) is 56.2 Å². The number of benzene rings is 1. The average Bonchev–Trinajstić information content (AvgIpc) is 3.75. The van der Waals surface area contributed by atoms with Gasteiger partial charge >= 0.3 is 0 Å². The number of nitrogens with one attached hydrogen (secondary N) is 2. The zero-order valence-corrected chi connectivity index (χ0v) is 24.9. The minimum atomic E-state index is -0.485. The number of carbonyl (C=O) groups is 3. The standard InChI is InChI=1S/C31H48N4O5/c1-20(2)13-24(19-36)33-28(37)22-14-23(18-32-17-22)29(38)35(25-9-10-25)26-8-7-21-16-31(3,4)30(39)34(27(21)15-26)11-6-12-40-5/h7-8,15,20,22-25,32,36H,6,9-14,16-19H2,1-5H3,(H,33,37)/t22-,23+,24?/m0/s1. The number of piperidine rings is 1. The molecule has 3 N–H and O–H groups in total. The van der Waals surface area contributed by atoms with Crippen LogP contribution in [-0.4, -0.2) is 74.9 Å². The average molecular weight is 557 g/mol. The van der Waals surface area contributed by atoms with Crippen molar-refractivity contribution in [3.63, 3.8) is 0 Å². The van der Waals surface area contributed by atoms with Crippen molar-refractivity contribution in [1.29, 1.82) is 0 Å². The molecule has 1 aromatic rings. The lowest BCUT2D eigenvalue weighted by atomic mass is 9.80. The fourth-order valence-electron chi connectivity index (χ4n) is 6.16. The number of carbonyl (C=O) groups excluding carboxylic acids is 3. The molecule has 222 valence electrons. The van der Waals surface area contributed by atoms with Crippen LogP contribution in [0.1, 0.15) is 65.4 Å². The van der Waals surface area contributed by atoms with Gasteiger partial charge in [-0.2, -0.15) is 0 Å². The summed E-state index contributed by atoms with van der Waals surface area (Å²) < 4.78 is 5.24. The van der Waals surface area contributed by atoms with E-state index in [0.29, 0.717) is 51.4 Å². The molecule has 0 radical (unpaired) electrons. The van der Waals surface area contributed by atoms with Crippen molar-refractivity contribution in [3.05, 3.63) is 23.8 Å². The molecule has 1 saturated carbocycles. The summed E-state index contributed by atoms with van der Waals surface area (Å²) in [5.74, 6) is -0.272. The molecule has 1 unspecified atom stereocenters. The first kappa shape index (κ1) is 30.5. The van der Waals surface area contributed by atoms with Crippen LogP contribution in [0.15, 0.2) is 18.2 Å². The van der Waals surface area contributed by atoms with Gasteiger partial charge in [-0.25, -0.2) is 0 Å². The van der Waals surface area contributed by atoms with Gasteiger partial charge in [0.05, 0.1) is 24.5 Å². The maximum Gasteiger partial charge on any atom is 0.232 e. The van der Waals surface area contributed by atoms with E-state index in [9.17, 15) is 19.5 Å². The number of hydrogen-bond acceptors (Lipinski definition) is 6. The third kappa shape index (κ3) is 7.04. The second-order valence-electron chi connectivity index (χ2n) is 12.9. The number of nitrogens with zero attached hydrogens (tertiary/aromatic N) is 2. The van der Waals surface area contributed by atoms with E-state index in [1.54, 1.807) is 7.11 Å². The van der Waals surface area contributed by atoms with Crippen LogP contribution in [0.4, 0.5) is 11.4 Å². The number of aliphatic hydroxyl groups is 1. The maximum absolute atomic E-state index is 14.0. The molecule has 0 bridgehead atoms. The first-order valence-corrected chi connectivity index (χ1v) is 14.9. The molecular weight excluding hydrogens is 508 g/mol. The Morgan fingerprint density at radius 2 is 1.95 bits per heavy atom. The van der Waals surface area contributed by atoms with E-state index in [-0.39, 0.29) is 48.2 Å². The number of ether oxygens (including phenoxy) is 1. The molecular formula is C31H48N4O5. The molecule has 1 aliphatic carbocycles. The summed E-state index contributed by atoms with van der Waals surface area (Å²) in [6, 6.07) is 5.98. The summed E-state index contributed by atoms with van der Waals surface area (Å²) in [6.07, 6.45) is 4.48. The van der Waals surface area contributed by atoms with Crippen LogP contribution in [-0.2, 0) is 25.5 Å². The van der Waals surface area contributed by atoms with Crippen LogP contribution in [0.5, 0.6) is 0 Å². The van der Waals surface area contributed by atoms with Crippen molar-refractivity contribution >= 4 is 29.1 Å². The fraction of sp³-hybridized carbons (Fsp3) is 0.710. The van der Waals surface area contributed by atoms with E-state index in [1.165, 1.54) is 0 Å². The number of hydrogen-bond donors (Lipinski definition) is 3. The van der Waals surface area contributed by atoms with Crippen LogP contribution >= 0.6 is 0 Å². The Bertz CT molecular complexity index is 1070. The molecule has 0 aromatic heterocycles. The van der Waals surface area contributed by atoms with E-state index in [2.05, 4.69) is 30.5 Å². The molecule has 1 aromatic carbocycles. The van der Waals surface area contributed by atoms with Crippen molar-refractivity contribution < 1.29 is 24.2 Å². The summed E-state index contributed by atoms with van der Waals surface area (Å²) in [5.41, 5.74) is 2.33. The minimum Gasteiger partial charge on any atom is -0.394 e. The Kier molecular flexibility index (Phi) is 9.90. The zero-order chi connectivity index (χ0) is 29.0. The Hall–Kier alpha value is -2.49. The fourth-order valence-corrected chi connectivity index (χ4v) is 6.16. The van der Waals surface area contributed by atoms with Gasteiger partial charge in [0.25, 0.3) is 0 Å². The Labute approximate surface area is 239 Å². The molecule has 4 rings (SSSR count). The normalized spacial score (nSPS) is 23.1. The largest absolute Gasteiger partial charge is 0.394 e. The Morgan fingerprint density at radius 3 is 2.60 bits per heavy atom. The number of methoxy groups -OCH3 is 1. The molecule has 9 heteroatoms. The highest BCUT2D eigenvalue weighted by Gasteiger charge is 2.42. The first-order chi connectivity index (χ1) is 19.1. The van der Waals surface area contributed by atoms with Crippen molar-refractivity contribution in [3.8, 4) is 0 Å². The predicted octanol–water partition coefficient (Wildman–Crippen LogP) is 2.88. The van der Waals surface area contributed by atoms with E-state index < -0.39 is 5.41 Å². The lowest BCUT2D eigenvalue weighted by Crippen LogP contribution is -2.51. The smallest absolute Gasteiger partial charge is 0.232 e. The summed E-state index contributed by atoms with van der Waals surface area (Å²) in [6.45, 7) is 10.2. The third-order valence-electron chi connectivity index (χ3n) is 8.37. The number of aliphatic hydroxyl groups excluding tert-OH is 1. The Balaban J connectivity index is 1.53. The van der Waals surface area contributed by atoms with E-state index in [4.69, 9.17) is 4.74 Å². The van der Waals surface area contributed by atoms with Gasteiger partial charge in [-0.3, -0.25) is 14.4 Å². The lowest BCUT2D eigenvalue weighted by molar-refractivity contribution is -0.129. The number of amides is 3. The molecule has 1 saturated heterocycles. The molecule has 40 heavy (non-hydrogen) atoms. The first-order valence-electron chi connectivity index (χ1n) is 14.9. The SMILES string of the molecule is COCCCN1C(=O)C(C)(C)Cc2ccc(N(C(=O)[C@H]3CNC[C@@H](C(=O)NC(CO)CC(C)C)C3)C3CC3)cc21. The van der Waals surface area contributed by atoms with Gasteiger partial charge in [-0.1, -0.05) is 33.8 Å². The molecule has 3 atom stereocenters. The highest BCUT2D eigenvalue weighted by atomic mass is 16.5. The highest BCUT2D eigenvalue weighted by molar-refractivity contribution is 6.02. The lowest BCUT2D eigenvalue weighted by Gasteiger charge is -2.40. The third-order valence-corrected chi connectivity index (χ3v) is 8.37. The molecule has 2 fully saturated rings.